The second-order valence-electron chi connectivity index (χ2n) is 6.02. The Labute approximate surface area is 140 Å². The third-order valence-corrected chi connectivity index (χ3v) is 6.38. The van der Waals surface area contributed by atoms with Gasteiger partial charge in [0.2, 0.25) is 21.8 Å². The highest BCUT2D eigenvalue weighted by Crippen LogP contribution is 2.29. The molecule has 9 heteroatoms. The number of primary amides is 1. The molecule has 2 aliphatic heterocycles. The van der Waals surface area contributed by atoms with Crippen molar-refractivity contribution in [3.05, 3.63) is 29.8 Å². The average Bonchev–Trinajstić information content (AvgIpc) is 2.95. The summed E-state index contributed by atoms with van der Waals surface area (Å²) in [5, 5.41) is 0. The van der Waals surface area contributed by atoms with Gasteiger partial charge < -0.3 is 10.5 Å². The van der Waals surface area contributed by atoms with Crippen LogP contribution in [0.4, 0.5) is 0 Å². The molecule has 2 N–H and O–H groups in total. The van der Waals surface area contributed by atoms with E-state index in [1.165, 1.54) is 24.0 Å². The van der Waals surface area contributed by atoms with Gasteiger partial charge >= 0.3 is 0 Å². The number of piperazine rings is 1. The van der Waals surface area contributed by atoms with E-state index in [-0.39, 0.29) is 18.0 Å². The lowest BCUT2D eigenvalue weighted by Crippen LogP contribution is -2.63. The molecule has 3 rings (SSSR count). The molecule has 130 valence electrons. The van der Waals surface area contributed by atoms with Crippen molar-refractivity contribution in [2.24, 2.45) is 5.73 Å². The van der Waals surface area contributed by atoms with Crippen molar-refractivity contribution in [3.63, 3.8) is 0 Å². The highest BCUT2D eigenvalue weighted by Gasteiger charge is 2.51. The number of nitrogens with two attached hydrogens (primary N) is 1. The van der Waals surface area contributed by atoms with E-state index in [1.807, 2.05) is 6.92 Å². The molecule has 0 bridgehead atoms. The summed E-state index contributed by atoms with van der Waals surface area (Å²) in [5.74, 6) is -1.14. The Morgan fingerprint density at radius 3 is 2.50 bits per heavy atom. The number of nitrogens with zero attached hydrogens (tertiary/aromatic N) is 2. The number of hydrogen-bond acceptors (Lipinski definition) is 5. The van der Waals surface area contributed by atoms with Crippen LogP contribution in [0.3, 0.4) is 0 Å². The van der Waals surface area contributed by atoms with E-state index >= 15 is 0 Å². The minimum atomic E-state index is -3.85. The summed E-state index contributed by atoms with van der Waals surface area (Å²) in [7, 11) is -3.85. The number of sulfonamides is 1. The van der Waals surface area contributed by atoms with Gasteiger partial charge in [-0.1, -0.05) is 17.7 Å². The zero-order valence-corrected chi connectivity index (χ0v) is 14.2. The summed E-state index contributed by atoms with van der Waals surface area (Å²) < 4.78 is 32.3. The van der Waals surface area contributed by atoms with E-state index in [0.717, 1.165) is 9.87 Å². The van der Waals surface area contributed by atoms with Crippen molar-refractivity contribution in [1.82, 2.24) is 9.21 Å². The predicted molar refractivity (Wildman–Crippen MR) is 84.1 cm³/mol. The van der Waals surface area contributed by atoms with Crippen molar-refractivity contribution in [2.75, 3.05) is 13.2 Å². The summed E-state index contributed by atoms with van der Waals surface area (Å²) in [5.41, 5.74) is 6.23. The fraction of sp³-hybridized carbons (Fsp3) is 0.467. The summed E-state index contributed by atoms with van der Waals surface area (Å²) >= 11 is 0. The molecule has 1 aromatic rings. The van der Waals surface area contributed by atoms with Gasteiger partial charge in [0.1, 0.15) is 18.3 Å². The maximum absolute atomic E-state index is 12.9. The lowest BCUT2D eigenvalue weighted by atomic mass is 10.1. The van der Waals surface area contributed by atoms with Crippen LogP contribution in [0.25, 0.3) is 0 Å². The molecule has 0 unspecified atom stereocenters. The Balaban J connectivity index is 1.92. The topological polar surface area (TPSA) is 110 Å². The number of benzene rings is 1. The fourth-order valence-corrected chi connectivity index (χ4v) is 4.60. The third kappa shape index (κ3) is 2.58. The first-order valence-corrected chi connectivity index (χ1v) is 8.99. The number of fused-ring (bicyclic) bond motifs is 1. The molecule has 8 nitrogen and oxygen atoms in total. The first kappa shape index (κ1) is 16.9. The van der Waals surface area contributed by atoms with E-state index in [4.69, 9.17) is 10.5 Å². The van der Waals surface area contributed by atoms with Crippen molar-refractivity contribution in [1.29, 1.82) is 0 Å². The van der Waals surface area contributed by atoms with E-state index in [1.54, 1.807) is 12.1 Å². The monoisotopic (exact) mass is 353 g/mol. The van der Waals surface area contributed by atoms with Crippen LogP contribution in [0.2, 0.25) is 0 Å². The summed E-state index contributed by atoms with van der Waals surface area (Å²) in [4.78, 5) is 25.4. The van der Waals surface area contributed by atoms with Crippen molar-refractivity contribution >= 4 is 21.8 Å². The lowest BCUT2D eigenvalue weighted by Gasteiger charge is -2.40. The highest BCUT2D eigenvalue weighted by molar-refractivity contribution is 7.89. The zero-order valence-electron chi connectivity index (χ0n) is 13.4. The molecule has 0 aliphatic carbocycles. The van der Waals surface area contributed by atoms with Crippen LogP contribution < -0.4 is 5.73 Å². The van der Waals surface area contributed by atoms with Crippen LogP contribution in [-0.4, -0.2) is 60.9 Å². The van der Waals surface area contributed by atoms with E-state index < -0.39 is 40.1 Å². The van der Waals surface area contributed by atoms with E-state index in [9.17, 15) is 18.0 Å². The molecule has 2 amide bonds. The van der Waals surface area contributed by atoms with Crippen molar-refractivity contribution in [3.8, 4) is 0 Å². The number of aryl methyl sites for hydroxylation is 1. The number of rotatable bonds is 3. The minimum Gasteiger partial charge on any atom is -0.368 e. The van der Waals surface area contributed by atoms with Crippen LogP contribution in [-0.2, 0) is 24.3 Å². The van der Waals surface area contributed by atoms with Gasteiger partial charge in [-0.05, 0) is 26.0 Å². The molecule has 0 aromatic heterocycles. The maximum atomic E-state index is 12.9. The van der Waals surface area contributed by atoms with Crippen LogP contribution in [0, 0.1) is 6.92 Å². The largest absolute Gasteiger partial charge is 0.368 e. The van der Waals surface area contributed by atoms with Gasteiger partial charge in [-0.3, -0.25) is 14.5 Å². The molecule has 2 fully saturated rings. The molecule has 3 atom stereocenters. The molecule has 2 heterocycles. The van der Waals surface area contributed by atoms with Crippen LogP contribution >= 0.6 is 0 Å². The van der Waals surface area contributed by atoms with Crippen LogP contribution in [0.5, 0.6) is 0 Å². The predicted octanol–water partition coefficient (Wildman–Crippen LogP) is -0.573. The van der Waals surface area contributed by atoms with E-state index in [2.05, 4.69) is 0 Å². The fourth-order valence-electron chi connectivity index (χ4n) is 3.02. The molecule has 24 heavy (non-hydrogen) atoms. The highest BCUT2D eigenvalue weighted by atomic mass is 32.2. The lowest BCUT2D eigenvalue weighted by molar-refractivity contribution is -0.151. The Morgan fingerprint density at radius 2 is 1.92 bits per heavy atom. The zero-order chi connectivity index (χ0) is 17.6. The molecule has 0 radical (unpaired) electrons. The second kappa shape index (κ2) is 5.83. The maximum Gasteiger partial charge on any atom is 0.243 e. The first-order chi connectivity index (χ1) is 11.2. The Kier molecular flexibility index (Phi) is 4.10. The molecule has 2 aliphatic rings. The normalized spacial score (nSPS) is 28.0. The minimum absolute atomic E-state index is 0.0170. The number of hydrogen-bond donors (Lipinski definition) is 1. The van der Waals surface area contributed by atoms with Crippen LogP contribution in [0.15, 0.2) is 29.2 Å². The molecule has 1 aromatic carbocycles. The molecular formula is C15H19N3O5S. The average molecular weight is 353 g/mol. The Hall–Kier alpha value is -1.97. The first-order valence-electron chi connectivity index (χ1n) is 7.55. The standard InChI is InChI=1S/C15H19N3O5S/c1-9-3-5-11(6-4-9)24(21,22)17-7-13-18(15(20)10(17)2)12(8-23-13)14(16)19/h3-6,10,12-13H,7-8H2,1-2H3,(H2,16,19)/t10-,12-,13-/m0/s1. The third-order valence-electron chi connectivity index (χ3n) is 4.43. The van der Waals surface area contributed by atoms with Crippen LogP contribution in [0.1, 0.15) is 12.5 Å². The summed E-state index contributed by atoms with van der Waals surface area (Å²) in [6.45, 7) is 3.31. The van der Waals surface area contributed by atoms with Gasteiger partial charge in [-0.2, -0.15) is 4.31 Å². The summed E-state index contributed by atoms with van der Waals surface area (Å²) in [6.07, 6.45) is -0.800. The van der Waals surface area contributed by atoms with Gasteiger partial charge in [0.25, 0.3) is 0 Å². The van der Waals surface area contributed by atoms with E-state index in [0.29, 0.717) is 0 Å². The van der Waals surface area contributed by atoms with Gasteiger partial charge in [-0.15, -0.1) is 0 Å². The molecule has 2 saturated heterocycles. The van der Waals surface area contributed by atoms with Gasteiger partial charge in [0.15, 0.2) is 0 Å². The number of carbonyl (C=O) groups is 2. The molecule has 0 saturated carbocycles. The number of ether oxygens (including phenoxy) is 1. The quantitative estimate of drug-likeness (QED) is 0.782. The summed E-state index contributed by atoms with van der Waals surface area (Å²) in [6, 6.07) is 4.63. The van der Waals surface area contributed by atoms with Crippen molar-refractivity contribution < 1.29 is 22.7 Å². The Bertz CT molecular complexity index is 777. The smallest absolute Gasteiger partial charge is 0.243 e. The molecular weight excluding hydrogens is 334 g/mol. The number of amides is 2. The van der Waals surface area contributed by atoms with Crippen molar-refractivity contribution in [2.45, 2.75) is 37.1 Å². The number of carbonyl (C=O) groups excluding carboxylic acids is 2. The van der Waals surface area contributed by atoms with Gasteiger partial charge in [-0.25, -0.2) is 8.42 Å². The SMILES string of the molecule is Cc1ccc(S(=O)(=O)N2C[C@@H]3OC[C@@H](C(N)=O)N3C(=O)[C@@H]2C)cc1. The molecule has 0 spiro atoms. The second-order valence-corrected chi connectivity index (χ2v) is 7.91. The van der Waals surface area contributed by atoms with Gasteiger partial charge in [0.05, 0.1) is 18.0 Å². The Morgan fingerprint density at radius 1 is 1.29 bits per heavy atom. The van der Waals surface area contributed by atoms with Gasteiger partial charge in [0, 0.05) is 0 Å².